The predicted octanol–water partition coefficient (Wildman–Crippen LogP) is 1.85. The normalized spacial score (nSPS) is 20.4. The largest absolute Gasteiger partial charge is 0.343 e. The molecular formula is C17H24N2O3S. The van der Waals surface area contributed by atoms with E-state index >= 15 is 0 Å². The molecule has 1 heterocycles. The topological polar surface area (TPSA) is 57.7 Å². The van der Waals surface area contributed by atoms with Crippen LogP contribution >= 0.6 is 0 Å². The first kappa shape index (κ1) is 16.5. The number of carbonyl (C=O) groups excluding carboxylic acids is 1. The van der Waals surface area contributed by atoms with Crippen LogP contribution in [0.2, 0.25) is 0 Å². The second kappa shape index (κ2) is 6.61. The maximum absolute atomic E-state index is 12.5. The lowest BCUT2D eigenvalue weighted by Crippen LogP contribution is -2.44. The molecule has 1 aromatic carbocycles. The van der Waals surface area contributed by atoms with E-state index in [4.69, 9.17) is 0 Å². The number of rotatable bonds is 5. The molecule has 2 fully saturated rings. The van der Waals surface area contributed by atoms with Crippen LogP contribution in [0.15, 0.2) is 30.3 Å². The molecule has 6 heteroatoms. The minimum absolute atomic E-state index is 0.0243. The highest BCUT2D eigenvalue weighted by molar-refractivity contribution is 7.88. The summed E-state index contributed by atoms with van der Waals surface area (Å²) in [5.74, 6) is 0.199. The third kappa shape index (κ3) is 3.93. The Morgan fingerprint density at radius 1 is 1.13 bits per heavy atom. The third-order valence-corrected chi connectivity index (χ3v) is 6.68. The van der Waals surface area contributed by atoms with E-state index < -0.39 is 10.0 Å². The van der Waals surface area contributed by atoms with Crippen molar-refractivity contribution in [3.63, 3.8) is 0 Å². The minimum atomic E-state index is -3.30. The van der Waals surface area contributed by atoms with E-state index in [1.165, 1.54) is 0 Å². The number of amides is 1. The summed E-state index contributed by atoms with van der Waals surface area (Å²) in [6, 6.07) is 9.66. The molecule has 2 aliphatic rings. The summed E-state index contributed by atoms with van der Waals surface area (Å²) < 4.78 is 26.6. The Morgan fingerprint density at radius 2 is 1.74 bits per heavy atom. The lowest BCUT2D eigenvalue weighted by molar-refractivity contribution is -0.135. The number of carbonyl (C=O) groups is 1. The molecule has 5 nitrogen and oxygen atoms in total. The Morgan fingerprint density at radius 3 is 2.30 bits per heavy atom. The molecule has 0 aromatic heterocycles. The molecule has 0 N–H and O–H groups in total. The molecule has 126 valence electrons. The van der Waals surface area contributed by atoms with Gasteiger partial charge in [0.2, 0.25) is 15.9 Å². The SMILES string of the molecule is CN(C(=O)C1CCN(S(=O)(=O)Cc2ccccc2)CC1)C1CC1. The monoisotopic (exact) mass is 336 g/mol. The van der Waals surface area contributed by atoms with Crippen molar-refractivity contribution in [2.75, 3.05) is 20.1 Å². The van der Waals surface area contributed by atoms with E-state index in [-0.39, 0.29) is 17.6 Å². The fourth-order valence-corrected chi connectivity index (χ4v) is 4.75. The third-order valence-electron chi connectivity index (χ3n) is 4.83. The molecule has 1 aromatic rings. The highest BCUT2D eigenvalue weighted by Crippen LogP contribution is 2.29. The van der Waals surface area contributed by atoms with Gasteiger partial charge >= 0.3 is 0 Å². The van der Waals surface area contributed by atoms with Gasteiger partial charge in [-0.15, -0.1) is 0 Å². The van der Waals surface area contributed by atoms with Gasteiger partial charge < -0.3 is 4.90 Å². The maximum atomic E-state index is 12.5. The molecule has 1 saturated heterocycles. The van der Waals surface area contributed by atoms with Crippen LogP contribution in [0.4, 0.5) is 0 Å². The van der Waals surface area contributed by atoms with E-state index in [1.807, 2.05) is 42.3 Å². The smallest absolute Gasteiger partial charge is 0.225 e. The predicted molar refractivity (Wildman–Crippen MR) is 89.2 cm³/mol. The molecule has 1 amide bonds. The summed E-state index contributed by atoms with van der Waals surface area (Å²) in [5, 5.41) is 0. The van der Waals surface area contributed by atoms with Crippen LogP contribution < -0.4 is 0 Å². The zero-order valence-corrected chi connectivity index (χ0v) is 14.3. The number of piperidine rings is 1. The standard InChI is InChI=1S/C17H24N2O3S/c1-18(16-7-8-16)17(20)15-9-11-19(12-10-15)23(21,22)13-14-5-3-2-4-6-14/h2-6,15-16H,7-13H2,1H3. The minimum Gasteiger partial charge on any atom is -0.343 e. The molecule has 1 aliphatic heterocycles. The summed E-state index contributed by atoms with van der Waals surface area (Å²) in [6.07, 6.45) is 3.47. The molecule has 1 saturated carbocycles. The highest BCUT2D eigenvalue weighted by atomic mass is 32.2. The van der Waals surface area contributed by atoms with Crippen LogP contribution in [0.25, 0.3) is 0 Å². The number of benzene rings is 1. The van der Waals surface area contributed by atoms with Gasteiger partial charge in [0.15, 0.2) is 0 Å². The van der Waals surface area contributed by atoms with Gasteiger partial charge in [0.05, 0.1) is 5.75 Å². The summed E-state index contributed by atoms with van der Waals surface area (Å²) >= 11 is 0. The number of sulfonamides is 1. The van der Waals surface area contributed by atoms with Crippen molar-refractivity contribution < 1.29 is 13.2 Å². The number of nitrogens with zero attached hydrogens (tertiary/aromatic N) is 2. The maximum Gasteiger partial charge on any atom is 0.225 e. The van der Waals surface area contributed by atoms with Crippen molar-refractivity contribution in [1.29, 1.82) is 0 Å². The van der Waals surface area contributed by atoms with Gasteiger partial charge in [0, 0.05) is 32.1 Å². The van der Waals surface area contributed by atoms with Gasteiger partial charge in [-0.3, -0.25) is 4.79 Å². The second-order valence-corrected chi connectivity index (χ2v) is 8.56. The van der Waals surface area contributed by atoms with Crippen molar-refractivity contribution in [2.24, 2.45) is 5.92 Å². The van der Waals surface area contributed by atoms with Gasteiger partial charge in [-0.1, -0.05) is 30.3 Å². The first-order chi connectivity index (χ1) is 11.0. The van der Waals surface area contributed by atoms with Gasteiger partial charge in [0.1, 0.15) is 0 Å². The first-order valence-corrected chi connectivity index (χ1v) is 9.87. The molecular weight excluding hydrogens is 312 g/mol. The Balaban J connectivity index is 1.56. The lowest BCUT2D eigenvalue weighted by atomic mass is 9.96. The summed E-state index contributed by atoms with van der Waals surface area (Å²) in [5.41, 5.74) is 0.805. The number of hydrogen-bond acceptors (Lipinski definition) is 3. The van der Waals surface area contributed by atoms with E-state index in [0.29, 0.717) is 32.0 Å². The average Bonchev–Trinajstić information content (AvgIpc) is 3.39. The lowest BCUT2D eigenvalue weighted by Gasteiger charge is -2.32. The zero-order chi connectivity index (χ0) is 16.4. The van der Waals surface area contributed by atoms with E-state index in [0.717, 1.165) is 18.4 Å². The van der Waals surface area contributed by atoms with Crippen molar-refractivity contribution in [3.8, 4) is 0 Å². The summed E-state index contributed by atoms with van der Waals surface area (Å²) in [7, 11) is -1.43. The summed E-state index contributed by atoms with van der Waals surface area (Å²) in [6.45, 7) is 0.897. The van der Waals surface area contributed by atoms with Crippen LogP contribution in [-0.2, 0) is 20.6 Å². The van der Waals surface area contributed by atoms with E-state index in [9.17, 15) is 13.2 Å². The molecule has 0 unspecified atom stereocenters. The molecule has 3 rings (SSSR count). The van der Waals surface area contributed by atoms with Crippen LogP contribution in [0, 0.1) is 5.92 Å². The highest BCUT2D eigenvalue weighted by Gasteiger charge is 2.36. The van der Waals surface area contributed by atoms with Crippen LogP contribution in [-0.4, -0.2) is 49.7 Å². The van der Waals surface area contributed by atoms with Crippen molar-refractivity contribution >= 4 is 15.9 Å². The van der Waals surface area contributed by atoms with Gasteiger partial charge in [-0.05, 0) is 31.2 Å². The molecule has 0 radical (unpaired) electrons. The Kier molecular flexibility index (Phi) is 4.73. The molecule has 23 heavy (non-hydrogen) atoms. The van der Waals surface area contributed by atoms with E-state index in [2.05, 4.69) is 0 Å². The number of hydrogen-bond donors (Lipinski definition) is 0. The molecule has 1 aliphatic carbocycles. The van der Waals surface area contributed by atoms with Gasteiger partial charge in [-0.2, -0.15) is 0 Å². The first-order valence-electron chi connectivity index (χ1n) is 8.26. The van der Waals surface area contributed by atoms with Crippen molar-refractivity contribution in [1.82, 2.24) is 9.21 Å². The quantitative estimate of drug-likeness (QED) is 0.824. The Labute approximate surface area is 138 Å². The Bertz CT molecular complexity index is 648. The van der Waals surface area contributed by atoms with Gasteiger partial charge in [0.25, 0.3) is 0 Å². The summed E-state index contributed by atoms with van der Waals surface area (Å²) in [4.78, 5) is 14.2. The average molecular weight is 336 g/mol. The van der Waals surface area contributed by atoms with Crippen molar-refractivity contribution in [3.05, 3.63) is 35.9 Å². The molecule has 0 atom stereocenters. The molecule has 0 bridgehead atoms. The van der Waals surface area contributed by atoms with Crippen molar-refractivity contribution in [2.45, 2.75) is 37.5 Å². The van der Waals surface area contributed by atoms with Gasteiger partial charge in [-0.25, -0.2) is 12.7 Å². The van der Waals surface area contributed by atoms with Crippen LogP contribution in [0.5, 0.6) is 0 Å². The van der Waals surface area contributed by atoms with Crippen LogP contribution in [0.3, 0.4) is 0 Å². The zero-order valence-electron chi connectivity index (χ0n) is 13.5. The van der Waals surface area contributed by atoms with Crippen LogP contribution in [0.1, 0.15) is 31.2 Å². The van der Waals surface area contributed by atoms with E-state index in [1.54, 1.807) is 4.31 Å². The fraction of sp³-hybridized carbons (Fsp3) is 0.588. The molecule has 0 spiro atoms. The second-order valence-electron chi connectivity index (χ2n) is 6.60. The fourth-order valence-electron chi connectivity index (χ4n) is 3.19. The Hall–Kier alpha value is -1.40.